The first-order valence-corrected chi connectivity index (χ1v) is 12.2. The van der Waals surface area contributed by atoms with Crippen molar-refractivity contribution in [3.63, 3.8) is 0 Å². The maximum absolute atomic E-state index is 13.3. The fraction of sp³-hybridized carbons (Fsp3) is 0.409. The Hall–Kier alpha value is -3.35. The van der Waals surface area contributed by atoms with Crippen molar-refractivity contribution in [3.05, 3.63) is 47.7 Å². The van der Waals surface area contributed by atoms with Crippen LogP contribution in [0.25, 0.3) is 0 Å². The van der Waals surface area contributed by atoms with Crippen molar-refractivity contribution in [3.8, 4) is 5.88 Å². The summed E-state index contributed by atoms with van der Waals surface area (Å²) in [5, 5.41) is 0. The molecule has 13 heteroatoms. The Bertz CT molecular complexity index is 1230. The van der Waals surface area contributed by atoms with Gasteiger partial charge in [-0.3, -0.25) is 9.10 Å². The number of piperidine rings is 1. The molecule has 1 amide bonds. The summed E-state index contributed by atoms with van der Waals surface area (Å²) in [4.78, 5) is 30.5. The van der Waals surface area contributed by atoms with Crippen molar-refractivity contribution in [1.82, 2.24) is 9.88 Å². The molecule has 4 rings (SSSR count). The average Bonchev–Trinajstić information content (AvgIpc) is 2.86. The Kier molecular flexibility index (Phi) is 6.62. The van der Waals surface area contributed by atoms with Crippen LogP contribution in [0.1, 0.15) is 35.2 Å². The lowest BCUT2D eigenvalue weighted by Crippen LogP contribution is -2.48. The maximum atomic E-state index is 13.3. The Morgan fingerprint density at radius 2 is 1.86 bits per heavy atom. The summed E-state index contributed by atoms with van der Waals surface area (Å²) in [6, 6.07) is 3.68. The number of methoxy groups -OCH3 is 1. The van der Waals surface area contributed by atoms with E-state index in [1.165, 1.54) is 24.3 Å². The molecule has 2 aromatic rings. The lowest BCUT2D eigenvalue weighted by molar-refractivity contribution is -0.147. The number of rotatable bonds is 4. The summed E-state index contributed by atoms with van der Waals surface area (Å²) in [6.07, 6.45) is -1.50. The number of nitrogens with zero attached hydrogens (tertiary/aromatic N) is 3. The third kappa shape index (κ3) is 4.77. The molecule has 0 radical (unpaired) electrons. The van der Waals surface area contributed by atoms with Crippen LogP contribution in [-0.2, 0) is 25.7 Å². The maximum Gasteiger partial charge on any atom is 0.416 e. The molecule has 0 bridgehead atoms. The van der Waals surface area contributed by atoms with Gasteiger partial charge in [-0.2, -0.15) is 13.2 Å². The van der Waals surface area contributed by atoms with Crippen molar-refractivity contribution < 1.29 is 40.7 Å². The summed E-state index contributed by atoms with van der Waals surface area (Å²) in [6.45, 7) is 0.146. The largest absolute Gasteiger partial charge is 0.474 e. The number of sulfonamides is 1. The number of carbonyl (C=O) groups is 2. The lowest BCUT2D eigenvalue weighted by Gasteiger charge is -2.34. The summed E-state index contributed by atoms with van der Waals surface area (Å²) < 4.78 is 76.4. The van der Waals surface area contributed by atoms with Crippen LogP contribution < -0.4 is 9.04 Å². The van der Waals surface area contributed by atoms with E-state index in [0.29, 0.717) is 31.5 Å². The van der Waals surface area contributed by atoms with E-state index in [0.717, 1.165) is 22.9 Å². The molecule has 1 aromatic carbocycles. The van der Waals surface area contributed by atoms with Gasteiger partial charge in [0.1, 0.15) is 18.3 Å². The number of halogens is 3. The van der Waals surface area contributed by atoms with Crippen LogP contribution in [0.4, 0.5) is 18.9 Å². The normalized spacial score (nSPS) is 18.5. The molecule has 1 saturated heterocycles. The third-order valence-electron chi connectivity index (χ3n) is 5.89. The smallest absolute Gasteiger partial charge is 0.416 e. The number of likely N-dealkylation sites (tertiary alicyclic amines) is 1. The molecule has 188 valence electrons. The van der Waals surface area contributed by atoms with Gasteiger partial charge in [0.2, 0.25) is 5.88 Å². The number of alkyl halides is 3. The van der Waals surface area contributed by atoms with Gasteiger partial charge in [-0.25, -0.2) is 18.2 Å². The third-order valence-corrected chi connectivity index (χ3v) is 7.72. The van der Waals surface area contributed by atoms with Gasteiger partial charge in [-0.05, 0) is 49.6 Å². The topological polar surface area (TPSA) is 106 Å². The molecule has 0 spiro atoms. The first kappa shape index (κ1) is 24.8. The molecule has 0 saturated carbocycles. The van der Waals surface area contributed by atoms with Crippen LogP contribution in [0.3, 0.4) is 0 Å². The summed E-state index contributed by atoms with van der Waals surface area (Å²) in [5.74, 6) is -1.10. The number of ether oxygens (including phenoxy) is 2. The highest BCUT2D eigenvalue weighted by molar-refractivity contribution is 7.92. The number of carbonyl (C=O) groups excluding carboxylic acids is 2. The predicted octanol–water partition coefficient (Wildman–Crippen LogP) is 2.86. The Labute approximate surface area is 199 Å². The second kappa shape index (κ2) is 9.36. The number of aromatic nitrogens is 1. The number of pyridine rings is 1. The van der Waals surface area contributed by atoms with Crippen LogP contribution in [0.5, 0.6) is 5.88 Å². The van der Waals surface area contributed by atoms with E-state index >= 15 is 0 Å². The minimum atomic E-state index is -4.61. The zero-order valence-electron chi connectivity index (χ0n) is 18.6. The van der Waals surface area contributed by atoms with E-state index < -0.39 is 39.7 Å². The highest BCUT2D eigenvalue weighted by Gasteiger charge is 2.36. The molecule has 3 heterocycles. The fourth-order valence-electron chi connectivity index (χ4n) is 4.11. The number of hydrogen-bond donors (Lipinski definition) is 0. The quantitative estimate of drug-likeness (QED) is 0.579. The zero-order valence-corrected chi connectivity index (χ0v) is 19.4. The lowest BCUT2D eigenvalue weighted by atomic mass is 10.0. The van der Waals surface area contributed by atoms with Gasteiger partial charge >= 0.3 is 12.1 Å². The molecule has 9 nitrogen and oxygen atoms in total. The van der Waals surface area contributed by atoms with E-state index in [4.69, 9.17) is 9.47 Å². The Balaban J connectivity index is 1.67. The molecule has 0 aliphatic carbocycles. The minimum Gasteiger partial charge on any atom is -0.474 e. The average molecular weight is 513 g/mol. The molecule has 2 aliphatic heterocycles. The molecule has 1 fully saturated rings. The predicted molar refractivity (Wildman–Crippen MR) is 116 cm³/mol. The standard InChI is InChI=1S/C22H22F3N3O6S/c1-33-21(30)17-4-2-3-9-27(17)20(29)14-12-18-19(26-13-14)34-11-10-28(18)35(31,32)16-7-5-15(6-8-16)22(23,24)25/h5-8,12-13,17H,2-4,9-11H2,1H3. The fourth-order valence-corrected chi connectivity index (χ4v) is 5.55. The second-order valence-electron chi connectivity index (χ2n) is 8.03. The van der Waals surface area contributed by atoms with Crippen LogP contribution >= 0.6 is 0 Å². The van der Waals surface area contributed by atoms with E-state index in [1.807, 2.05) is 0 Å². The SMILES string of the molecule is COC(=O)C1CCCCN1C(=O)c1cnc2c(c1)N(S(=O)(=O)c1ccc(C(F)(F)F)cc1)CCO2. The summed E-state index contributed by atoms with van der Waals surface area (Å²) in [7, 11) is -3.05. The molecule has 0 N–H and O–H groups in total. The van der Waals surface area contributed by atoms with E-state index in [-0.39, 0.29) is 35.2 Å². The zero-order chi connectivity index (χ0) is 25.4. The van der Waals surface area contributed by atoms with Gasteiger partial charge in [0.25, 0.3) is 15.9 Å². The van der Waals surface area contributed by atoms with Crippen molar-refractivity contribution in [1.29, 1.82) is 0 Å². The highest BCUT2D eigenvalue weighted by atomic mass is 32.2. The van der Waals surface area contributed by atoms with Gasteiger partial charge in [0.05, 0.1) is 29.7 Å². The first-order chi connectivity index (χ1) is 16.5. The Morgan fingerprint density at radius 1 is 1.14 bits per heavy atom. The number of benzene rings is 1. The van der Waals surface area contributed by atoms with E-state index in [9.17, 15) is 31.2 Å². The van der Waals surface area contributed by atoms with Crippen LogP contribution in [-0.4, -0.2) is 63.0 Å². The van der Waals surface area contributed by atoms with Gasteiger partial charge in [-0.1, -0.05) is 0 Å². The van der Waals surface area contributed by atoms with Gasteiger partial charge in [-0.15, -0.1) is 0 Å². The van der Waals surface area contributed by atoms with Crippen LogP contribution in [0.2, 0.25) is 0 Å². The van der Waals surface area contributed by atoms with E-state index in [1.54, 1.807) is 0 Å². The van der Waals surface area contributed by atoms with Crippen molar-refractivity contribution in [2.45, 2.75) is 36.4 Å². The van der Waals surface area contributed by atoms with Gasteiger partial charge in [0.15, 0.2) is 0 Å². The molecular formula is C22H22F3N3O6S. The Morgan fingerprint density at radius 3 is 2.51 bits per heavy atom. The molecule has 2 aliphatic rings. The highest BCUT2D eigenvalue weighted by Crippen LogP contribution is 2.36. The van der Waals surface area contributed by atoms with Gasteiger partial charge < -0.3 is 14.4 Å². The molecule has 1 atom stereocenters. The van der Waals surface area contributed by atoms with E-state index in [2.05, 4.69) is 4.98 Å². The van der Waals surface area contributed by atoms with Crippen molar-refractivity contribution in [2.75, 3.05) is 31.1 Å². The molecular weight excluding hydrogens is 491 g/mol. The summed E-state index contributed by atoms with van der Waals surface area (Å²) >= 11 is 0. The van der Waals surface area contributed by atoms with Crippen molar-refractivity contribution >= 4 is 27.6 Å². The number of hydrogen-bond acceptors (Lipinski definition) is 7. The monoisotopic (exact) mass is 513 g/mol. The molecule has 1 aromatic heterocycles. The molecule has 35 heavy (non-hydrogen) atoms. The summed E-state index contributed by atoms with van der Waals surface area (Å²) in [5.41, 5.74) is -0.957. The minimum absolute atomic E-state index is 0.0198. The molecule has 1 unspecified atom stereocenters. The first-order valence-electron chi connectivity index (χ1n) is 10.8. The second-order valence-corrected chi connectivity index (χ2v) is 9.89. The van der Waals surface area contributed by atoms with Crippen LogP contribution in [0, 0.1) is 0 Å². The number of fused-ring (bicyclic) bond motifs is 1. The van der Waals surface area contributed by atoms with Crippen molar-refractivity contribution in [2.24, 2.45) is 0 Å². The number of anilines is 1. The number of amides is 1. The number of esters is 1. The van der Waals surface area contributed by atoms with Gasteiger partial charge in [0, 0.05) is 12.7 Å². The van der Waals surface area contributed by atoms with Crippen LogP contribution in [0.15, 0.2) is 41.4 Å².